The summed E-state index contributed by atoms with van der Waals surface area (Å²) in [7, 11) is 0. The Morgan fingerprint density at radius 2 is 1.76 bits per heavy atom. The molecule has 0 aromatic heterocycles. The number of benzene rings is 2. The smallest absolute Gasteiger partial charge is 0.233 e. The molecule has 2 heteroatoms. The average molecular weight is 279 g/mol. The lowest BCUT2D eigenvalue weighted by Crippen LogP contribution is -1.86. The van der Waals surface area contributed by atoms with Crippen LogP contribution in [0.3, 0.4) is 0 Å². The molecule has 0 atom stereocenters. The average Bonchev–Trinajstić information content (AvgIpc) is 2.55. The molecule has 0 fully saturated rings. The quantitative estimate of drug-likeness (QED) is 0.696. The van der Waals surface area contributed by atoms with Crippen molar-refractivity contribution in [3.63, 3.8) is 0 Å². The summed E-state index contributed by atoms with van der Waals surface area (Å²) in [5, 5.41) is 0. The minimum absolute atomic E-state index is 0.552. The van der Waals surface area contributed by atoms with E-state index in [1.54, 1.807) is 18.4 Å². The van der Waals surface area contributed by atoms with E-state index in [1.807, 2.05) is 36.6 Å². The van der Waals surface area contributed by atoms with Gasteiger partial charge in [-0.15, -0.1) is 0 Å². The third kappa shape index (κ3) is 4.92. The van der Waals surface area contributed by atoms with Crippen LogP contribution in [0.2, 0.25) is 0 Å². The number of aryl methyl sites for hydroxylation is 1. The number of rotatable bonds is 7. The number of hydrogen-bond donors (Lipinski definition) is 0. The first-order chi connectivity index (χ1) is 10.3. The summed E-state index contributed by atoms with van der Waals surface area (Å²) in [5.41, 5.74) is 2.87. The Morgan fingerprint density at radius 1 is 1.05 bits per heavy atom. The Labute approximate surface area is 126 Å². The number of unbranched alkanes of at least 4 members (excludes halogenated alkanes) is 1. The summed E-state index contributed by atoms with van der Waals surface area (Å²) < 4.78 is 5.57. The fourth-order valence-corrected chi connectivity index (χ4v) is 1.97. The van der Waals surface area contributed by atoms with Gasteiger partial charge in [-0.25, -0.2) is 0 Å². The topological polar surface area (TPSA) is 26.3 Å². The van der Waals surface area contributed by atoms with E-state index in [2.05, 4.69) is 19.1 Å². The zero-order valence-electron chi connectivity index (χ0n) is 12.2. The standard InChI is InChI=1S/C19H19O2/c1-2-3-4-16-9-11-19(12-10-16)21-14-13-17-5-7-18(15-20)8-6-17/h5-14H,2-4H2,1H3. The molecule has 0 aliphatic carbocycles. The number of carbonyl (C=O) groups excluding carboxylic acids is 1. The summed E-state index contributed by atoms with van der Waals surface area (Å²) in [6, 6.07) is 15.4. The van der Waals surface area contributed by atoms with E-state index >= 15 is 0 Å². The minimum atomic E-state index is 0.552. The maximum Gasteiger partial charge on any atom is 0.233 e. The van der Waals surface area contributed by atoms with Gasteiger partial charge in [0.2, 0.25) is 6.29 Å². The van der Waals surface area contributed by atoms with E-state index in [0.29, 0.717) is 5.56 Å². The van der Waals surface area contributed by atoms with Crippen molar-refractivity contribution >= 4 is 12.4 Å². The van der Waals surface area contributed by atoms with Crippen LogP contribution >= 0.6 is 0 Å². The van der Waals surface area contributed by atoms with Crippen molar-refractivity contribution in [1.29, 1.82) is 0 Å². The maximum atomic E-state index is 10.4. The van der Waals surface area contributed by atoms with Gasteiger partial charge in [0.1, 0.15) is 5.75 Å². The van der Waals surface area contributed by atoms with Crippen molar-refractivity contribution in [2.24, 2.45) is 0 Å². The van der Waals surface area contributed by atoms with Crippen LogP contribution in [0.25, 0.3) is 6.08 Å². The molecule has 0 aliphatic rings. The highest BCUT2D eigenvalue weighted by Gasteiger charge is 1.95. The molecule has 0 N–H and O–H groups in total. The van der Waals surface area contributed by atoms with Crippen LogP contribution in [-0.2, 0) is 11.2 Å². The van der Waals surface area contributed by atoms with Crippen molar-refractivity contribution < 1.29 is 9.53 Å². The SMILES string of the molecule is CCCCc1ccc(OC=Cc2ccc([C]=O)cc2)cc1. The van der Waals surface area contributed by atoms with E-state index in [9.17, 15) is 4.79 Å². The summed E-state index contributed by atoms with van der Waals surface area (Å²) in [6.07, 6.45) is 8.91. The number of ether oxygens (including phenoxy) is 1. The van der Waals surface area contributed by atoms with E-state index in [0.717, 1.165) is 17.7 Å². The van der Waals surface area contributed by atoms with Gasteiger partial charge in [-0.3, -0.25) is 4.79 Å². The Morgan fingerprint density at radius 3 is 2.38 bits per heavy atom. The number of hydrogen-bond acceptors (Lipinski definition) is 2. The molecule has 0 amide bonds. The van der Waals surface area contributed by atoms with Crippen LogP contribution in [0.5, 0.6) is 5.75 Å². The van der Waals surface area contributed by atoms with E-state index in [1.165, 1.54) is 18.4 Å². The lowest BCUT2D eigenvalue weighted by molar-refractivity contribution is 0.485. The highest BCUT2D eigenvalue weighted by molar-refractivity contribution is 5.75. The van der Waals surface area contributed by atoms with E-state index in [4.69, 9.17) is 4.74 Å². The van der Waals surface area contributed by atoms with Gasteiger partial charge in [0.25, 0.3) is 0 Å². The second-order valence-electron chi connectivity index (χ2n) is 4.89. The second-order valence-corrected chi connectivity index (χ2v) is 4.89. The van der Waals surface area contributed by atoms with Gasteiger partial charge in [0.05, 0.1) is 6.26 Å². The highest BCUT2D eigenvalue weighted by Crippen LogP contribution is 2.14. The Bertz CT molecular complexity index is 580. The lowest BCUT2D eigenvalue weighted by atomic mass is 10.1. The fraction of sp³-hybridized carbons (Fsp3) is 0.211. The monoisotopic (exact) mass is 279 g/mol. The minimum Gasteiger partial charge on any atom is -0.465 e. The van der Waals surface area contributed by atoms with Crippen LogP contribution in [0.1, 0.15) is 36.5 Å². The van der Waals surface area contributed by atoms with Crippen LogP contribution < -0.4 is 4.74 Å². The molecular formula is C19H19O2. The molecule has 0 bridgehead atoms. The Kier molecular flexibility index (Phi) is 5.77. The van der Waals surface area contributed by atoms with Gasteiger partial charge in [-0.1, -0.05) is 49.7 Å². The third-order valence-corrected chi connectivity index (χ3v) is 3.24. The van der Waals surface area contributed by atoms with Crippen LogP contribution in [0, 0.1) is 0 Å². The molecule has 1 radical (unpaired) electrons. The molecule has 107 valence electrons. The van der Waals surface area contributed by atoms with Crippen LogP contribution in [0.15, 0.2) is 54.8 Å². The van der Waals surface area contributed by atoms with Crippen LogP contribution in [-0.4, -0.2) is 6.29 Å². The zero-order chi connectivity index (χ0) is 14.9. The first-order valence-electron chi connectivity index (χ1n) is 7.22. The van der Waals surface area contributed by atoms with E-state index < -0.39 is 0 Å². The molecule has 0 heterocycles. The first kappa shape index (κ1) is 15.0. The molecule has 2 rings (SSSR count). The normalized spacial score (nSPS) is 10.7. The molecule has 21 heavy (non-hydrogen) atoms. The van der Waals surface area contributed by atoms with Crippen molar-refractivity contribution in [3.05, 3.63) is 71.5 Å². The second kappa shape index (κ2) is 8.05. The first-order valence-corrected chi connectivity index (χ1v) is 7.22. The Balaban J connectivity index is 1.89. The van der Waals surface area contributed by atoms with Crippen molar-refractivity contribution in [2.75, 3.05) is 0 Å². The molecule has 0 saturated heterocycles. The molecule has 2 aromatic carbocycles. The zero-order valence-corrected chi connectivity index (χ0v) is 12.2. The molecular weight excluding hydrogens is 260 g/mol. The van der Waals surface area contributed by atoms with Gasteiger partial charge in [0, 0.05) is 5.56 Å². The van der Waals surface area contributed by atoms with Gasteiger partial charge in [0.15, 0.2) is 0 Å². The Hall–Kier alpha value is -2.35. The van der Waals surface area contributed by atoms with Gasteiger partial charge in [-0.2, -0.15) is 0 Å². The van der Waals surface area contributed by atoms with Crippen molar-refractivity contribution in [1.82, 2.24) is 0 Å². The fourth-order valence-electron chi connectivity index (χ4n) is 1.97. The highest BCUT2D eigenvalue weighted by atomic mass is 16.5. The molecule has 2 nitrogen and oxygen atoms in total. The third-order valence-electron chi connectivity index (χ3n) is 3.24. The van der Waals surface area contributed by atoms with E-state index in [-0.39, 0.29) is 0 Å². The summed E-state index contributed by atoms with van der Waals surface area (Å²) in [5.74, 6) is 0.823. The largest absolute Gasteiger partial charge is 0.465 e. The summed E-state index contributed by atoms with van der Waals surface area (Å²) >= 11 is 0. The van der Waals surface area contributed by atoms with Gasteiger partial charge >= 0.3 is 0 Å². The van der Waals surface area contributed by atoms with Crippen molar-refractivity contribution in [2.45, 2.75) is 26.2 Å². The summed E-state index contributed by atoms with van der Waals surface area (Å²) in [6.45, 7) is 2.20. The maximum absolute atomic E-state index is 10.4. The molecule has 0 spiro atoms. The summed E-state index contributed by atoms with van der Waals surface area (Å²) in [4.78, 5) is 10.4. The predicted octanol–water partition coefficient (Wildman–Crippen LogP) is 4.54. The molecule has 0 aliphatic heterocycles. The predicted molar refractivity (Wildman–Crippen MR) is 86.0 cm³/mol. The van der Waals surface area contributed by atoms with Gasteiger partial charge in [-0.05, 0) is 42.2 Å². The molecule has 2 aromatic rings. The lowest BCUT2D eigenvalue weighted by Gasteiger charge is -2.03. The van der Waals surface area contributed by atoms with Crippen LogP contribution in [0.4, 0.5) is 0 Å². The van der Waals surface area contributed by atoms with Crippen molar-refractivity contribution in [3.8, 4) is 5.75 Å². The van der Waals surface area contributed by atoms with Gasteiger partial charge < -0.3 is 4.74 Å². The molecule has 0 unspecified atom stereocenters. The molecule has 0 saturated carbocycles.